The van der Waals surface area contributed by atoms with Crippen LogP contribution >= 0.6 is 0 Å². The van der Waals surface area contributed by atoms with Gasteiger partial charge in [-0.25, -0.2) is 14.6 Å². The molecule has 10 heteroatoms. The first-order valence-corrected chi connectivity index (χ1v) is 9.15. The SMILES string of the molecule is CC(=O)OCC1OC(n2ncc3c(NCc4ccccc4)ncnc32)C(O)C1O. The number of aliphatic hydroxyl groups excluding tert-OH is 2. The van der Waals surface area contributed by atoms with Crippen LogP contribution in [0.2, 0.25) is 0 Å². The largest absolute Gasteiger partial charge is 0.463 e. The third kappa shape index (κ3) is 3.90. The Labute approximate surface area is 166 Å². The summed E-state index contributed by atoms with van der Waals surface area (Å²) in [5.41, 5.74) is 1.54. The molecule has 1 aliphatic rings. The number of aliphatic hydroxyl groups is 2. The first kappa shape index (κ1) is 19.2. The van der Waals surface area contributed by atoms with E-state index in [9.17, 15) is 15.0 Å². The number of anilines is 1. The minimum absolute atomic E-state index is 0.165. The molecule has 152 valence electrons. The second kappa shape index (κ2) is 8.11. The van der Waals surface area contributed by atoms with E-state index >= 15 is 0 Å². The Balaban J connectivity index is 1.55. The zero-order valence-electron chi connectivity index (χ0n) is 15.7. The van der Waals surface area contributed by atoms with E-state index in [0.717, 1.165) is 5.56 Å². The van der Waals surface area contributed by atoms with Crippen molar-refractivity contribution in [1.29, 1.82) is 0 Å². The van der Waals surface area contributed by atoms with Gasteiger partial charge in [-0.05, 0) is 5.56 Å². The van der Waals surface area contributed by atoms with Crippen LogP contribution in [0.15, 0.2) is 42.9 Å². The van der Waals surface area contributed by atoms with Crippen LogP contribution in [0.3, 0.4) is 0 Å². The molecule has 3 N–H and O–H groups in total. The Morgan fingerprint density at radius 3 is 2.79 bits per heavy atom. The lowest BCUT2D eigenvalue weighted by molar-refractivity contribution is -0.147. The Morgan fingerprint density at radius 2 is 2.03 bits per heavy atom. The second-order valence-electron chi connectivity index (χ2n) is 6.74. The van der Waals surface area contributed by atoms with E-state index in [1.54, 1.807) is 6.20 Å². The molecule has 4 unspecified atom stereocenters. The van der Waals surface area contributed by atoms with E-state index < -0.39 is 30.5 Å². The summed E-state index contributed by atoms with van der Waals surface area (Å²) in [5, 5.41) is 28.8. The van der Waals surface area contributed by atoms with Crippen LogP contribution in [0.4, 0.5) is 5.82 Å². The maximum Gasteiger partial charge on any atom is 0.302 e. The maximum atomic E-state index is 11.0. The van der Waals surface area contributed by atoms with Gasteiger partial charge in [0.1, 0.15) is 37.1 Å². The molecular formula is C19H21N5O5. The lowest BCUT2D eigenvalue weighted by Gasteiger charge is -2.15. The average Bonchev–Trinajstić information content (AvgIpc) is 3.27. The predicted molar refractivity (Wildman–Crippen MR) is 102 cm³/mol. The summed E-state index contributed by atoms with van der Waals surface area (Å²) in [6.07, 6.45) is -1.35. The fourth-order valence-electron chi connectivity index (χ4n) is 3.24. The molecule has 2 aromatic heterocycles. The van der Waals surface area contributed by atoms with Gasteiger partial charge in [-0.15, -0.1) is 0 Å². The van der Waals surface area contributed by atoms with E-state index in [0.29, 0.717) is 23.4 Å². The average molecular weight is 399 g/mol. The Hall–Kier alpha value is -3.08. The molecule has 3 heterocycles. The van der Waals surface area contributed by atoms with Crippen molar-refractivity contribution in [2.75, 3.05) is 11.9 Å². The van der Waals surface area contributed by atoms with Crippen molar-refractivity contribution in [3.63, 3.8) is 0 Å². The lowest BCUT2D eigenvalue weighted by atomic mass is 10.1. The molecule has 1 fully saturated rings. The summed E-state index contributed by atoms with van der Waals surface area (Å²) in [7, 11) is 0. The number of carbonyl (C=O) groups is 1. The van der Waals surface area contributed by atoms with Crippen molar-refractivity contribution in [3.05, 3.63) is 48.4 Å². The van der Waals surface area contributed by atoms with Crippen LogP contribution in [-0.4, -0.2) is 60.8 Å². The highest BCUT2D eigenvalue weighted by molar-refractivity contribution is 5.86. The van der Waals surface area contributed by atoms with Crippen molar-refractivity contribution < 1.29 is 24.5 Å². The Kier molecular flexibility index (Phi) is 5.38. The molecule has 3 aromatic rings. The molecular weight excluding hydrogens is 378 g/mol. The zero-order valence-corrected chi connectivity index (χ0v) is 15.7. The molecule has 0 saturated carbocycles. The number of rotatable bonds is 6. The molecule has 0 amide bonds. The Morgan fingerprint density at radius 1 is 1.24 bits per heavy atom. The molecule has 1 aromatic carbocycles. The molecule has 0 bridgehead atoms. The smallest absolute Gasteiger partial charge is 0.302 e. The molecule has 10 nitrogen and oxygen atoms in total. The minimum atomic E-state index is -1.26. The van der Waals surface area contributed by atoms with E-state index in [4.69, 9.17) is 9.47 Å². The van der Waals surface area contributed by atoms with Gasteiger partial charge < -0.3 is 25.0 Å². The van der Waals surface area contributed by atoms with Gasteiger partial charge in [0, 0.05) is 13.5 Å². The Bertz CT molecular complexity index is 995. The van der Waals surface area contributed by atoms with Crippen molar-refractivity contribution in [2.45, 2.75) is 38.0 Å². The van der Waals surface area contributed by atoms with Gasteiger partial charge in [0.15, 0.2) is 11.9 Å². The molecule has 1 saturated heterocycles. The number of fused-ring (bicyclic) bond motifs is 1. The van der Waals surface area contributed by atoms with E-state index in [1.165, 1.54) is 17.9 Å². The first-order valence-electron chi connectivity index (χ1n) is 9.15. The number of benzene rings is 1. The summed E-state index contributed by atoms with van der Waals surface area (Å²) in [5.74, 6) is 0.0970. The summed E-state index contributed by atoms with van der Waals surface area (Å²) >= 11 is 0. The molecule has 0 aliphatic carbocycles. The normalized spacial score (nSPS) is 24.0. The summed E-state index contributed by atoms with van der Waals surface area (Å²) in [4.78, 5) is 19.5. The highest BCUT2D eigenvalue weighted by Crippen LogP contribution is 2.32. The fourth-order valence-corrected chi connectivity index (χ4v) is 3.24. The number of nitrogens with zero attached hydrogens (tertiary/aromatic N) is 4. The van der Waals surface area contributed by atoms with Crippen LogP contribution in [0.5, 0.6) is 0 Å². The topological polar surface area (TPSA) is 132 Å². The third-order valence-electron chi connectivity index (χ3n) is 4.72. The van der Waals surface area contributed by atoms with Crippen LogP contribution in [0, 0.1) is 0 Å². The van der Waals surface area contributed by atoms with Gasteiger partial charge in [0.2, 0.25) is 0 Å². The van der Waals surface area contributed by atoms with E-state index in [-0.39, 0.29) is 6.61 Å². The maximum absolute atomic E-state index is 11.0. The van der Waals surface area contributed by atoms with Crippen LogP contribution in [-0.2, 0) is 20.8 Å². The molecule has 4 atom stereocenters. The number of hydrogen-bond donors (Lipinski definition) is 3. The van der Waals surface area contributed by atoms with Crippen LogP contribution < -0.4 is 5.32 Å². The van der Waals surface area contributed by atoms with E-state index in [1.807, 2.05) is 30.3 Å². The van der Waals surface area contributed by atoms with Gasteiger partial charge in [-0.3, -0.25) is 4.79 Å². The zero-order chi connectivity index (χ0) is 20.4. The molecule has 29 heavy (non-hydrogen) atoms. The van der Waals surface area contributed by atoms with Crippen molar-refractivity contribution >= 4 is 22.8 Å². The fraction of sp³-hybridized carbons (Fsp3) is 0.368. The van der Waals surface area contributed by atoms with Crippen molar-refractivity contribution in [2.24, 2.45) is 0 Å². The summed E-state index contributed by atoms with van der Waals surface area (Å²) < 4.78 is 12.0. The predicted octanol–water partition coefficient (Wildman–Crippen LogP) is 0.621. The van der Waals surface area contributed by atoms with Crippen molar-refractivity contribution in [3.8, 4) is 0 Å². The number of hydrogen-bond acceptors (Lipinski definition) is 9. The summed E-state index contributed by atoms with van der Waals surface area (Å²) in [6.45, 7) is 1.67. The van der Waals surface area contributed by atoms with Gasteiger partial charge in [0.05, 0.1) is 11.6 Å². The van der Waals surface area contributed by atoms with Crippen LogP contribution in [0.25, 0.3) is 11.0 Å². The quantitative estimate of drug-likeness (QED) is 0.510. The highest BCUT2D eigenvalue weighted by Gasteiger charge is 2.45. The third-order valence-corrected chi connectivity index (χ3v) is 4.72. The molecule has 0 spiro atoms. The number of ether oxygens (including phenoxy) is 2. The van der Waals surface area contributed by atoms with Crippen LogP contribution in [0.1, 0.15) is 18.7 Å². The number of aromatic nitrogens is 4. The minimum Gasteiger partial charge on any atom is -0.463 e. The van der Waals surface area contributed by atoms with E-state index in [2.05, 4.69) is 20.4 Å². The number of nitrogens with one attached hydrogen (secondary N) is 1. The lowest BCUT2D eigenvalue weighted by Crippen LogP contribution is -2.34. The highest BCUT2D eigenvalue weighted by atomic mass is 16.6. The van der Waals surface area contributed by atoms with Gasteiger partial charge in [0.25, 0.3) is 0 Å². The first-order chi connectivity index (χ1) is 14.0. The molecule has 4 rings (SSSR count). The number of carbonyl (C=O) groups excluding carboxylic acids is 1. The van der Waals surface area contributed by atoms with Gasteiger partial charge in [-0.2, -0.15) is 5.10 Å². The standard InChI is InChI=1S/C19H21N5O5/c1-11(25)28-9-14-15(26)16(27)19(29-14)24-18-13(8-23-24)17(21-10-22-18)20-7-12-5-3-2-4-6-12/h2-6,8,10,14-16,19,26-27H,7,9H2,1H3,(H,20,21,22). The second-order valence-corrected chi connectivity index (χ2v) is 6.74. The summed E-state index contributed by atoms with van der Waals surface area (Å²) in [6, 6.07) is 9.87. The monoisotopic (exact) mass is 399 g/mol. The molecule has 1 aliphatic heterocycles. The van der Waals surface area contributed by atoms with Gasteiger partial charge in [-0.1, -0.05) is 30.3 Å². The van der Waals surface area contributed by atoms with Crippen molar-refractivity contribution in [1.82, 2.24) is 19.7 Å². The number of esters is 1. The van der Waals surface area contributed by atoms with Gasteiger partial charge >= 0.3 is 5.97 Å². The molecule has 0 radical (unpaired) electrons.